The van der Waals surface area contributed by atoms with Gasteiger partial charge in [0.05, 0.1) is 11.7 Å². The van der Waals surface area contributed by atoms with E-state index in [1.165, 1.54) is 16.9 Å². The number of aromatic nitrogens is 2. The second-order valence-corrected chi connectivity index (χ2v) is 8.81. The number of nitrogens with one attached hydrogen (secondary N) is 1. The molecule has 3 aromatic rings. The van der Waals surface area contributed by atoms with Crippen molar-refractivity contribution in [3.8, 4) is 0 Å². The van der Waals surface area contributed by atoms with Gasteiger partial charge in [-0.1, -0.05) is 12.1 Å². The van der Waals surface area contributed by atoms with Crippen molar-refractivity contribution in [2.24, 2.45) is 0 Å². The zero-order valence-electron chi connectivity index (χ0n) is 16.9. The number of amides is 1. The lowest BCUT2D eigenvalue weighted by Crippen LogP contribution is -2.27. The van der Waals surface area contributed by atoms with Gasteiger partial charge in [0.15, 0.2) is 0 Å². The minimum absolute atomic E-state index is 0.0125. The van der Waals surface area contributed by atoms with Gasteiger partial charge < -0.3 is 10.2 Å². The van der Waals surface area contributed by atoms with E-state index < -0.39 is 0 Å². The zero-order chi connectivity index (χ0) is 20.4. The van der Waals surface area contributed by atoms with Gasteiger partial charge in [-0.25, -0.2) is 4.98 Å². The molecule has 1 aromatic carbocycles. The molecule has 0 fully saturated rings. The van der Waals surface area contributed by atoms with Crippen molar-refractivity contribution in [3.05, 3.63) is 57.0 Å². The third-order valence-electron chi connectivity index (χ3n) is 5.46. The van der Waals surface area contributed by atoms with Crippen LogP contribution in [0.25, 0.3) is 10.2 Å². The summed E-state index contributed by atoms with van der Waals surface area (Å²) in [6, 6.07) is 8.09. The number of fused-ring (bicyclic) bond motifs is 3. The SMILES string of the molecule is CN(C)c1ccc(CNC(=O)CCn2cnc3sc4c(c3c2=O)CCCC4)cc1. The zero-order valence-corrected chi connectivity index (χ0v) is 17.7. The first-order valence-corrected chi connectivity index (χ1v) is 10.9. The van der Waals surface area contributed by atoms with Gasteiger partial charge in [0, 0.05) is 44.2 Å². The van der Waals surface area contributed by atoms with Crippen LogP contribution in [0.3, 0.4) is 0 Å². The van der Waals surface area contributed by atoms with Crippen LogP contribution in [-0.2, 0) is 30.7 Å². The minimum Gasteiger partial charge on any atom is -0.378 e. The lowest BCUT2D eigenvalue weighted by atomic mass is 9.97. The quantitative estimate of drug-likeness (QED) is 0.678. The van der Waals surface area contributed by atoms with E-state index in [-0.39, 0.29) is 17.9 Å². The summed E-state index contributed by atoms with van der Waals surface area (Å²) in [7, 11) is 3.99. The Morgan fingerprint density at radius 1 is 1.21 bits per heavy atom. The minimum atomic E-state index is -0.0685. The summed E-state index contributed by atoms with van der Waals surface area (Å²) in [6.45, 7) is 0.828. The number of aryl methyl sites for hydroxylation is 3. The molecule has 0 bridgehead atoms. The predicted molar refractivity (Wildman–Crippen MR) is 118 cm³/mol. The highest BCUT2D eigenvalue weighted by molar-refractivity contribution is 7.18. The molecule has 4 rings (SSSR count). The van der Waals surface area contributed by atoms with E-state index in [1.807, 2.05) is 43.3 Å². The van der Waals surface area contributed by atoms with Crippen LogP contribution in [0, 0.1) is 0 Å². The summed E-state index contributed by atoms with van der Waals surface area (Å²) in [4.78, 5) is 33.9. The Kier molecular flexibility index (Phi) is 5.67. The van der Waals surface area contributed by atoms with E-state index in [0.29, 0.717) is 13.1 Å². The Balaban J connectivity index is 1.38. The summed E-state index contributed by atoms with van der Waals surface area (Å²) in [5.74, 6) is -0.0685. The smallest absolute Gasteiger partial charge is 0.262 e. The lowest BCUT2D eigenvalue weighted by molar-refractivity contribution is -0.121. The van der Waals surface area contributed by atoms with Gasteiger partial charge >= 0.3 is 0 Å². The molecule has 0 spiro atoms. The van der Waals surface area contributed by atoms with Gasteiger partial charge in [-0.2, -0.15) is 0 Å². The number of anilines is 1. The third-order valence-corrected chi connectivity index (χ3v) is 6.66. The molecule has 2 aromatic heterocycles. The van der Waals surface area contributed by atoms with Gasteiger partial charge in [0.25, 0.3) is 5.56 Å². The standard InChI is InChI=1S/C22H26N4O2S/c1-25(2)16-9-7-15(8-10-16)13-23-19(27)11-12-26-14-24-21-20(22(26)28)17-5-3-4-6-18(17)29-21/h7-10,14H,3-6,11-13H2,1-2H3,(H,23,27). The fourth-order valence-electron chi connectivity index (χ4n) is 3.76. The van der Waals surface area contributed by atoms with E-state index in [4.69, 9.17) is 0 Å². The molecule has 7 heteroatoms. The van der Waals surface area contributed by atoms with E-state index >= 15 is 0 Å². The summed E-state index contributed by atoms with van der Waals surface area (Å²) in [6.07, 6.45) is 6.17. The predicted octanol–water partition coefficient (Wildman–Crippen LogP) is 3.11. The van der Waals surface area contributed by atoms with Crippen molar-refractivity contribution < 1.29 is 4.79 Å². The largest absolute Gasteiger partial charge is 0.378 e. The fraction of sp³-hybridized carbons (Fsp3) is 0.409. The lowest BCUT2D eigenvalue weighted by Gasteiger charge is -2.13. The molecule has 152 valence electrons. The molecule has 2 heterocycles. The first-order chi connectivity index (χ1) is 14.0. The maximum atomic E-state index is 12.9. The van der Waals surface area contributed by atoms with Crippen LogP contribution in [0.4, 0.5) is 5.69 Å². The fourth-order valence-corrected chi connectivity index (χ4v) is 4.98. The molecule has 0 saturated heterocycles. The summed E-state index contributed by atoms with van der Waals surface area (Å²) in [5, 5.41) is 3.71. The van der Waals surface area contributed by atoms with E-state index in [9.17, 15) is 9.59 Å². The number of hydrogen-bond donors (Lipinski definition) is 1. The highest BCUT2D eigenvalue weighted by atomic mass is 32.1. The van der Waals surface area contributed by atoms with Crippen LogP contribution < -0.4 is 15.8 Å². The Morgan fingerprint density at radius 2 is 1.97 bits per heavy atom. The molecule has 6 nitrogen and oxygen atoms in total. The van der Waals surface area contributed by atoms with Gasteiger partial charge in [0.1, 0.15) is 4.83 Å². The first kappa shape index (κ1) is 19.6. The summed E-state index contributed by atoms with van der Waals surface area (Å²) < 4.78 is 1.58. The maximum Gasteiger partial charge on any atom is 0.262 e. The van der Waals surface area contributed by atoms with Crippen LogP contribution in [0.15, 0.2) is 35.4 Å². The highest BCUT2D eigenvalue weighted by Gasteiger charge is 2.20. The van der Waals surface area contributed by atoms with Crippen molar-refractivity contribution in [2.75, 3.05) is 19.0 Å². The van der Waals surface area contributed by atoms with Gasteiger partial charge in [0.2, 0.25) is 5.91 Å². The number of rotatable bonds is 6. The topological polar surface area (TPSA) is 67.2 Å². The van der Waals surface area contributed by atoms with Crippen LogP contribution in [0.2, 0.25) is 0 Å². The Bertz CT molecular complexity index is 1080. The number of nitrogens with zero attached hydrogens (tertiary/aromatic N) is 3. The van der Waals surface area contributed by atoms with Crippen molar-refractivity contribution >= 4 is 33.1 Å². The molecule has 1 N–H and O–H groups in total. The molecule has 0 aliphatic heterocycles. The molecule has 0 saturated carbocycles. The number of thiophene rings is 1. The molecule has 29 heavy (non-hydrogen) atoms. The molecule has 1 aliphatic rings. The Labute approximate surface area is 174 Å². The van der Waals surface area contributed by atoms with Crippen molar-refractivity contribution in [3.63, 3.8) is 0 Å². The Morgan fingerprint density at radius 3 is 2.72 bits per heavy atom. The molecule has 1 amide bonds. The number of carbonyl (C=O) groups is 1. The van der Waals surface area contributed by atoms with Crippen LogP contribution in [0.5, 0.6) is 0 Å². The monoisotopic (exact) mass is 410 g/mol. The van der Waals surface area contributed by atoms with Crippen molar-refractivity contribution in [2.45, 2.75) is 45.2 Å². The molecular formula is C22H26N4O2S. The second kappa shape index (κ2) is 8.37. The van der Waals surface area contributed by atoms with Gasteiger partial charge in [-0.3, -0.25) is 14.2 Å². The molecular weight excluding hydrogens is 384 g/mol. The average Bonchev–Trinajstić information content (AvgIpc) is 3.11. The third kappa shape index (κ3) is 4.19. The summed E-state index contributed by atoms with van der Waals surface area (Å²) >= 11 is 1.65. The van der Waals surface area contributed by atoms with Gasteiger partial charge in [-0.15, -0.1) is 11.3 Å². The number of benzene rings is 1. The molecule has 1 aliphatic carbocycles. The van der Waals surface area contributed by atoms with E-state index in [0.717, 1.165) is 40.7 Å². The van der Waals surface area contributed by atoms with Crippen LogP contribution in [0.1, 0.15) is 35.3 Å². The van der Waals surface area contributed by atoms with E-state index in [1.54, 1.807) is 22.2 Å². The molecule has 0 unspecified atom stereocenters. The first-order valence-electron chi connectivity index (χ1n) is 10.1. The average molecular weight is 411 g/mol. The van der Waals surface area contributed by atoms with Crippen molar-refractivity contribution in [1.82, 2.24) is 14.9 Å². The number of hydrogen-bond acceptors (Lipinski definition) is 5. The summed E-state index contributed by atoms with van der Waals surface area (Å²) in [5.41, 5.74) is 3.35. The second-order valence-electron chi connectivity index (χ2n) is 7.72. The normalized spacial score (nSPS) is 13.3. The Hall–Kier alpha value is -2.67. The maximum absolute atomic E-state index is 12.9. The van der Waals surface area contributed by atoms with Crippen molar-refractivity contribution in [1.29, 1.82) is 0 Å². The molecule has 0 radical (unpaired) electrons. The highest BCUT2D eigenvalue weighted by Crippen LogP contribution is 2.33. The number of carbonyl (C=O) groups excluding carboxylic acids is 1. The molecule has 0 atom stereocenters. The van der Waals surface area contributed by atoms with E-state index in [2.05, 4.69) is 10.3 Å². The van der Waals surface area contributed by atoms with Crippen LogP contribution >= 0.6 is 11.3 Å². The van der Waals surface area contributed by atoms with Gasteiger partial charge in [-0.05, 0) is 48.9 Å². The van der Waals surface area contributed by atoms with Crippen LogP contribution in [-0.4, -0.2) is 29.6 Å².